The lowest BCUT2D eigenvalue weighted by molar-refractivity contribution is -0.384. The van der Waals surface area contributed by atoms with Crippen molar-refractivity contribution in [2.75, 3.05) is 13.2 Å². The summed E-state index contributed by atoms with van der Waals surface area (Å²) in [7, 11) is 0. The van der Waals surface area contributed by atoms with Crippen LogP contribution >= 0.6 is 0 Å². The Morgan fingerprint density at radius 2 is 1.95 bits per heavy atom. The maximum Gasteiger partial charge on any atom is 0.269 e. The molecule has 1 saturated heterocycles. The van der Waals surface area contributed by atoms with Crippen molar-refractivity contribution in [3.8, 4) is 5.75 Å². The number of rotatable bonds is 4. The molecule has 1 aliphatic rings. The first-order chi connectivity index (χ1) is 9.25. The van der Waals surface area contributed by atoms with E-state index in [1.807, 2.05) is 0 Å². The molecular weight excluding hydrogens is 244 g/mol. The highest BCUT2D eigenvalue weighted by atomic mass is 16.6. The summed E-state index contributed by atoms with van der Waals surface area (Å²) in [6.07, 6.45) is 6.21. The Morgan fingerprint density at radius 1 is 1.21 bits per heavy atom. The zero-order valence-electron chi connectivity index (χ0n) is 11.0. The summed E-state index contributed by atoms with van der Waals surface area (Å²) >= 11 is 0. The van der Waals surface area contributed by atoms with Crippen molar-refractivity contribution >= 4 is 5.69 Å². The van der Waals surface area contributed by atoms with E-state index in [1.54, 1.807) is 12.1 Å². The third kappa shape index (κ3) is 4.52. The predicted molar refractivity (Wildman–Crippen MR) is 73.5 cm³/mol. The van der Waals surface area contributed by atoms with Crippen LogP contribution in [-0.2, 0) is 0 Å². The summed E-state index contributed by atoms with van der Waals surface area (Å²) < 4.78 is 5.69. The van der Waals surface area contributed by atoms with Gasteiger partial charge in [0, 0.05) is 18.2 Å². The van der Waals surface area contributed by atoms with E-state index in [9.17, 15) is 10.1 Å². The SMILES string of the molecule is O=[N+]([O-])c1ccc(OCC2CCCCCCN2)cc1. The maximum atomic E-state index is 10.5. The highest BCUT2D eigenvalue weighted by molar-refractivity contribution is 5.35. The van der Waals surface area contributed by atoms with Crippen LogP contribution in [0.5, 0.6) is 5.75 Å². The molecule has 5 nitrogen and oxygen atoms in total. The summed E-state index contributed by atoms with van der Waals surface area (Å²) in [5.41, 5.74) is 0.0939. The second kappa shape index (κ2) is 7.09. The van der Waals surface area contributed by atoms with Gasteiger partial charge in [-0.15, -0.1) is 0 Å². The summed E-state index contributed by atoms with van der Waals surface area (Å²) in [5, 5.41) is 14.0. The Hall–Kier alpha value is -1.62. The van der Waals surface area contributed by atoms with Gasteiger partial charge in [0.2, 0.25) is 0 Å². The number of nitro benzene ring substituents is 1. The number of non-ortho nitro benzene ring substituents is 1. The van der Waals surface area contributed by atoms with Crippen LogP contribution < -0.4 is 10.1 Å². The molecule has 104 valence electrons. The minimum atomic E-state index is -0.403. The molecule has 0 aliphatic carbocycles. The summed E-state index contributed by atoms with van der Waals surface area (Å²) in [6, 6.07) is 6.64. The number of benzene rings is 1. The Morgan fingerprint density at radius 3 is 2.68 bits per heavy atom. The molecule has 1 aromatic rings. The van der Waals surface area contributed by atoms with Crippen molar-refractivity contribution in [2.24, 2.45) is 0 Å². The van der Waals surface area contributed by atoms with E-state index in [2.05, 4.69) is 5.32 Å². The maximum absolute atomic E-state index is 10.5. The van der Waals surface area contributed by atoms with Gasteiger partial charge in [0.15, 0.2) is 0 Å². The van der Waals surface area contributed by atoms with Crippen LogP contribution in [0.2, 0.25) is 0 Å². The van der Waals surface area contributed by atoms with Gasteiger partial charge >= 0.3 is 0 Å². The molecule has 0 spiro atoms. The number of nitrogens with one attached hydrogen (secondary N) is 1. The molecule has 0 amide bonds. The fourth-order valence-corrected chi connectivity index (χ4v) is 2.28. The molecule has 0 saturated carbocycles. The smallest absolute Gasteiger partial charge is 0.269 e. The van der Waals surface area contributed by atoms with Crippen molar-refractivity contribution in [1.29, 1.82) is 0 Å². The fourth-order valence-electron chi connectivity index (χ4n) is 2.28. The van der Waals surface area contributed by atoms with Crippen LogP contribution in [0.15, 0.2) is 24.3 Å². The Bertz CT molecular complexity index is 398. The largest absolute Gasteiger partial charge is 0.492 e. The van der Waals surface area contributed by atoms with Gasteiger partial charge in [-0.1, -0.05) is 19.3 Å². The second-order valence-corrected chi connectivity index (χ2v) is 4.92. The van der Waals surface area contributed by atoms with Crippen LogP contribution in [0.3, 0.4) is 0 Å². The predicted octanol–water partition coefficient (Wildman–Crippen LogP) is 2.90. The van der Waals surface area contributed by atoms with E-state index in [4.69, 9.17) is 4.74 Å². The van der Waals surface area contributed by atoms with Crippen LogP contribution in [0.25, 0.3) is 0 Å². The standard InChI is InChI=1S/C14H20N2O3/c17-16(18)13-6-8-14(9-7-13)19-11-12-5-3-1-2-4-10-15-12/h6-9,12,15H,1-5,10-11H2. The van der Waals surface area contributed by atoms with Crippen molar-refractivity contribution in [3.05, 3.63) is 34.4 Å². The van der Waals surface area contributed by atoms with E-state index in [1.165, 1.54) is 37.8 Å². The third-order valence-electron chi connectivity index (χ3n) is 3.41. The minimum absolute atomic E-state index is 0.0939. The van der Waals surface area contributed by atoms with Crippen LogP contribution in [-0.4, -0.2) is 24.1 Å². The zero-order chi connectivity index (χ0) is 13.5. The van der Waals surface area contributed by atoms with Gasteiger partial charge < -0.3 is 10.1 Å². The van der Waals surface area contributed by atoms with Crippen LogP contribution in [0.1, 0.15) is 32.1 Å². The van der Waals surface area contributed by atoms with Crippen molar-refractivity contribution in [3.63, 3.8) is 0 Å². The fraction of sp³-hybridized carbons (Fsp3) is 0.571. The van der Waals surface area contributed by atoms with E-state index in [0.717, 1.165) is 13.0 Å². The van der Waals surface area contributed by atoms with Gasteiger partial charge in [-0.2, -0.15) is 0 Å². The van der Waals surface area contributed by atoms with Gasteiger partial charge in [-0.3, -0.25) is 10.1 Å². The average Bonchev–Trinajstić information content (AvgIpc) is 2.38. The normalized spacial score (nSPS) is 20.3. The molecule has 1 aromatic carbocycles. The quantitative estimate of drug-likeness (QED) is 0.671. The number of hydrogen-bond donors (Lipinski definition) is 1. The highest BCUT2D eigenvalue weighted by Gasteiger charge is 2.11. The molecule has 19 heavy (non-hydrogen) atoms. The van der Waals surface area contributed by atoms with Crippen LogP contribution in [0.4, 0.5) is 5.69 Å². The van der Waals surface area contributed by atoms with Gasteiger partial charge in [0.1, 0.15) is 12.4 Å². The monoisotopic (exact) mass is 264 g/mol. The molecule has 0 aromatic heterocycles. The number of hydrogen-bond acceptors (Lipinski definition) is 4. The molecule has 1 N–H and O–H groups in total. The minimum Gasteiger partial charge on any atom is -0.492 e. The topological polar surface area (TPSA) is 64.4 Å². The first-order valence-corrected chi connectivity index (χ1v) is 6.86. The third-order valence-corrected chi connectivity index (χ3v) is 3.41. The van der Waals surface area contributed by atoms with Gasteiger partial charge in [0.05, 0.1) is 4.92 Å². The van der Waals surface area contributed by atoms with Crippen molar-refractivity contribution in [2.45, 2.75) is 38.1 Å². The van der Waals surface area contributed by atoms with Gasteiger partial charge in [-0.05, 0) is 31.5 Å². The first kappa shape index (κ1) is 13.8. The van der Waals surface area contributed by atoms with Crippen molar-refractivity contribution in [1.82, 2.24) is 5.32 Å². The van der Waals surface area contributed by atoms with Gasteiger partial charge in [0.25, 0.3) is 5.69 Å². The number of ether oxygens (including phenoxy) is 1. The van der Waals surface area contributed by atoms with Crippen molar-refractivity contribution < 1.29 is 9.66 Å². The molecule has 5 heteroatoms. The molecule has 0 radical (unpaired) electrons. The molecule has 2 rings (SSSR count). The summed E-state index contributed by atoms with van der Waals surface area (Å²) in [6.45, 7) is 1.67. The Labute approximate surface area is 113 Å². The molecule has 1 unspecified atom stereocenters. The summed E-state index contributed by atoms with van der Waals surface area (Å²) in [5.74, 6) is 0.689. The molecule has 1 heterocycles. The molecule has 1 atom stereocenters. The van der Waals surface area contributed by atoms with E-state index in [0.29, 0.717) is 18.4 Å². The molecule has 1 fully saturated rings. The summed E-state index contributed by atoms with van der Waals surface area (Å²) in [4.78, 5) is 10.1. The zero-order valence-corrected chi connectivity index (χ0v) is 11.0. The van der Waals surface area contributed by atoms with E-state index in [-0.39, 0.29) is 5.69 Å². The van der Waals surface area contributed by atoms with Gasteiger partial charge in [-0.25, -0.2) is 0 Å². The average molecular weight is 264 g/mol. The number of nitrogens with zero attached hydrogens (tertiary/aromatic N) is 1. The first-order valence-electron chi connectivity index (χ1n) is 6.86. The molecule has 0 bridgehead atoms. The Kier molecular flexibility index (Phi) is 5.15. The lowest BCUT2D eigenvalue weighted by Crippen LogP contribution is -2.36. The lowest BCUT2D eigenvalue weighted by atomic mass is 10.0. The Balaban J connectivity index is 1.81. The van der Waals surface area contributed by atoms with E-state index < -0.39 is 4.92 Å². The number of nitro groups is 1. The second-order valence-electron chi connectivity index (χ2n) is 4.92. The molecular formula is C14H20N2O3. The highest BCUT2D eigenvalue weighted by Crippen LogP contribution is 2.18. The van der Waals surface area contributed by atoms with Crippen LogP contribution in [0, 0.1) is 10.1 Å². The molecule has 1 aliphatic heterocycles. The van der Waals surface area contributed by atoms with E-state index >= 15 is 0 Å². The lowest BCUT2D eigenvalue weighted by Gasteiger charge is -2.21.